The molecule has 9 heteroatoms. The molecule has 0 amide bonds. The molecule has 0 fully saturated rings. The number of hydrogen-bond acceptors (Lipinski definition) is 8. The van der Waals surface area contributed by atoms with Gasteiger partial charge in [0.25, 0.3) is 0 Å². The first-order chi connectivity index (χ1) is 19.4. The maximum absolute atomic E-state index is 13.9. The monoisotopic (exact) mass is 562 g/mol. The van der Waals surface area contributed by atoms with Crippen molar-refractivity contribution in [3.8, 4) is 28.7 Å². The van der Waals surface area contributed by atoms with Gasteiger partial charge in [-0.3, -0.25) is 9.05 Å². The fourth-order valence-corrected chi connectivity index (χ4v) is 4.91. The number of ether oxygens (including phenoxy) is 3. The molecular formula is C31H31O8P. The number of hydrogen-bond donors (Lipinski definition) is 1. The van der Waals surface area contributed by atoms with Gasteiger partial charge in [-0.1, -0.05) is 78.9 Å². The standard InChI is InChI=1S/C31H31O8P/c1-34-27-17-16-23(14-15-26-19-29(35-2)31(32)30(20-26)36-3)18-28(27)39-40(33,37-21-24-10-6-4-7-11-24)38-22-25-12-8-5-9-13-25/h4-20,32H,21-22H2,1-3H3/b15-14-. The normalized spacial score (nSPS) is 11.4. The van der Waals surface area contributed by atoms with Gasteiger partial charge >= 0.3 is 7.82 Å². The highest BCUT2D eigenvalue weighted by molar-refractivity contribution is 7.48. The van der Waals surface area contributed by atoms with Gasteiger partial charge in [0.05, 0.1) is 34.5 Å². The van der Waals surface area contributed by atoms with Crippen LogP contribution in [0.1, 0.15) is 22.3 Å². The Morgan fingerprint density at radius 2 is 1.10 bits per heavy atom. The lowest BCUT2D eigenvalue weighted by Crippen LogP contribution is -2.04. The largest absolute Gasteiger partial charge is 0.530 e. The first kappa shape index (κ1) is 28.8. The summed E-state index contributed by atoms with van der Waals surface area (Å²) in [4.78, 5) is 0. The number of phenolic OH excluding ortho intramolecular Hbond substituents is 1. The molecule has 0 aliphatic carbocycles. The molecule has 4 aromatic carbocycles. The van der Waals surface area contributed by atoms with E-state index < -0.39 is 7.82 Å². The molecule has 208 valence electrons. The van der Waals surface area contributed by atoms with Crippen LogP contribution in [0.15, 0.2) is 91.0 Å². The smallest absolute Gasteiger partial charge is 0.502 e. The van der Waals surface area contributed by atoms with E-state index in [0.29, 0.717) is 5.75 Å². The lowest BCUT2D eigenvalue weighted by Gasteiger charge is -2.20. The fraction of sp³-hybridized carbons (Fsp3) is 0.161. The van der Waals surface area contributed by atoms with Gasteiger partial charge in [-0.15, -0.1) is 0 Å². The SMILES string of the molecule is COc1ccc(/C=C\c2cc(OC)c(O)c(OC)c2)cc1OP(=O)(OCc1ccccc1)OCc1ccccc1. The second-order valence-electron chi connectivity index (χ2n) is 8.57. The van der Waals surface area contributed by atoms with Gasteiger partial charge in [0.1, 0.15) is 0 Å². The van der Waals surface area contributed by atoms with Crippen LogP contribution in [0.2, 0.25) is 0 Å². The van der Waals surface area contributed by atoms with Crippen LogP contribution in [0.25, 0.3) is 12.2 Å². The molecule has 0 spiro atoms. The van der Waals surface area contributed by atoms with Crippen LogP contribution in [0.3, 0.4) is 0 Å². The van der Waals surface area contributed by atoms with Crippen LogP contribution in [-0.4, -0.2) is 26.4 Å². The van der Waals surface area contributed by atoms with Gasteiger partial charge in [-0.25, -0.2) is 4.57 Å². The number of aromatic hydroxyl groups is 1. The number of phosphoric acid groups is 1. The lowest BCUT2D eigenvalue weighted by atomic mass is 10.1. The first-order valence-corrected chi connectivity index (χ1v) is 13.9. The van der Waals surface area contributed by atoms with E-state index in [1.807, 2.05) is 78.9 Å². The molecule has 0 saturated heterocycles. The average molecular weight is 563 g/mol. The van der Waals surface area contributed by atoms with Gasteiger partial charge in [0.2, 0.25) is 5.75 Å². The van der Waals surface area contributed by atoms with Crippen molar-refractivity contribution in [2.75, 3.05) is 21.3 Å². The zero-order valence-corrected chi connectivity index (χ0v) is 23.4. The molecule has 0 saturated carbocycles. The minimum atomic E-state index is -4.10. The predicted molar refractivity (Wildman–Crippen MR) is 154 cm³/mol. The third kappa shape index (κ3) is 7.67. The highest BCUT2D eigenvalue weighted by Crippen LogP contribution is 2.53. The molecule has 4 rings (SSSR count). The van der Waals surface area contributed by atoms with E-state index >= 15 is 0 Å². The Hall–Kier alpha value is -4.23. The summed E-state index contributed by atoms with van der Waals surface area (Å²) < 4.78 is 47.3. The maximum Gasteiger partial charge on any atom is 0.530 e. The molecular weight excluding hydrogens is 531 g/mol. The number of phosphoric ester groups is 1. The topological polar surface area (TPSA) is 92.7 Å². The fourth-order valence-electron chi connectivity index (χ4n) is 3.74. The van der Waals surface area contributed by atoms with Crippen LogP contribution in [0.5, 0.6) is 28.7 Å². The Balaban J connectivity index is 1.60. The molecule has 0 radical (unpaired) electrons. The molecule has 0 aromatic heterocycles. The van der Waals surface area contributed by atoms with E-state index in [0.717, 1.165) is 22.3 Å². The summed E-state index contributed by atoms with van der Waals surface area (Å²) in [6.45, 7) is 0.0542. The highest BCUT2D eigenvalue weighted by Gasteiger charge is 2.30. The molecule has 1 N–H and O–H groups in total. The third-order valence-corrected chi connectivity index (χ3v) is 7.14. The average Bonchev–Trinajstić information content (AvgIpc) is 2.99. The van der Waals surface area contributed by atoms with Crippen LogP contribution in [0, 0.1) is 0 Å². The molecule has 0 atom stereocenters. The summed E-state index contributed by atoms with van der Waals surface area (Å²) in [6, 6.07) is 27.2. The highest BCUT2D eigenvalue weighted by atomic mass is 31.2. The minimum Gasteiger partial charge on any atom is -0.502 e. The van der Waals surface area contributed by atoms with Crippen molar-refractivity contribution in [1.29, 1.82) is 0 Å². The Labute approximate surface area is 233 Å². The Bertz CT molecular complexity index is 1400. The lowest BCUT2D eigenvalue weighted by molar-refractivity contribution is 0.142. The summed E-state index contributed by atoms with van der Waals surface area (Å²) in [7, 11) is 0.323. The molecule has 0 bridgehead atoms. The molecule has 4 aromatic rings. The van der Waals surface area contributed by atoms with Crippen molar-refractivity contribution in [3.05, 3.63) is 113 Å². The van der Waals surface area contributed by atoms with Crippen molar-refractivity contribution in [3.63, 3.8) is 0 Å². The van der Waals surface area contributed by atoms with E-state index in [4.69, 9.17) is 27.8 Å². The molecule has 0 aliphatic heterocycles. The Morgan fingerprint density at radius 1 is 0.625 bits per heavy atom. The molecule has 0 heterocycles. The maximum atomic E-state index is 13.9. The van der Waals surface area contributed by atoms with E-state index in [-0.39, 0.29) is 36.2 Å². The zero-order valence-electron chi connectivity index (χ0n) is 22.5. The molecule has 0 unspecified atom stereocenters. The van der Waals surface area contributed by atoms with Gasteiger partial charge in [-0.2, -0.15) is 0 Å². The van der Waals surface area contributed by atoms with Gasteiger partial charge < -0.3 is 23.8 Å². The quantitative estimate of drug-likeness (QED) is 0.132. The van der Waals surface area contributed by atoms with Crippen molar-refractivity contribution < 1.29 is 37.5 Å². The van der Waals surface area contributed by atoms with E-state index in [1.54, 1.807) is 24.3 Å². The van der Waals surface area contributed by atoms with E-state index in [9.17, 15) is 9.67 Å². The summed E-state index contributed by atoms with van der Waals surface area (Å²) in [5, 5.41) is 10.2. The number of rotatable bonds is 13. The van der Waals surface area contributed by atoms with E-state index in [1.165, 1.54) is 21.3 Å². The summed E-state index contributed by atoms with van der Waals surface area (Å²) >= 11 is 0. The molecule has 0 aliphatic rings. The van der Waals surface area contributed by atoms with Crippen molar-refractivity contribution >= 4 is 20.0 Å². The Morgan fingerprint density at radius 3 is 1.60 bits per heavy atom. The van der Waals surface area contributed by atoms with Gasteiger partial charge in [0.15, 0.2) is 23.0 Å². The number of phenols is 1. The van der Waals surface area contributed by atoms with E-state index in [2.05, 4.69) is 0 Å². The summed E-state index contributed by atoms with van der Waals surface area (Å²) in [5.41, 5.74) is 3.09. The summed E-state index contributed by atoms with van der Waals surface area (Å²) in [5.74, 6) is 1.03. The predicted octanol–water partition coefficient (Wildman–Crippen LogP) is 7.51. The minimum absolute atomic E-state index is 0.0271. The summed E-state index contributed by atoms with van der Waals surface area (Å²) in [6.07, 6.45) is 3.63. The third-order valence-electron chi connectivity index (χ3n) is 5.83. The molecule has 40 heavy (non-hydrogen) atoms. The second-order valence-corrected chi connectivity index (χ2v) is 10.2. The van der Waals surface area contributed by atoms with Gasteiger partial charge in [-0.05, 0) is 46.5 Å². The van der Waals surface area contributed by atoms with Crippen molar-refractivity contribution in [2.24, 2.45) is 0 Å². The van der Waals surface area contributed by atoms with Crippen LogP contribution in [-0.2, 0) is 26.8 Å². The zero-order chi connectivity index (χ0) is 28.4. The second kappa shape index (κ2) is 13.7. The van der Waals surface area contributed by atoms with Gasteiger partial charge in [0, 0.05) is 0 Å². The first-order valence-electron chi connectivity index (χ1n) is 12.4. The van der Waals surface area contributed by atoms with Crippen molar-refractivity contribution in [2.45, 2.75) is 13.2 Å². The molecule has 8 nitrogen and oxygen atoms in total. The number of benzene rings is 4. The Kier molecular flexibility index (Phi) is 9.86. The van der Waals surface area contributed by atoms with Crippen LogP contribution >= 0.6 is 7.82 Å². The van der Waals surface area contributed by atoms with Crippen molar-refractivity contribution in [1.82, 2.24) is 0 Å². The van der Waals surface area contributed by atoms with Crippen LogP contribution in [0.4, 0.5) is 0 Å². The van der Waals surface area contributed by atoms with Crippen LogP contribution < -0.4 is 18.7 Å². The number of methoxy groups -OCH3 is 3.